The molecule has 1 aliphatic rings. The molecule has 5 nitrogen and oxygen atoms in total. The van der Waals surface area contributed by atoms with Gasteiger partial charge in [0.2, 0.25) is 5.91 Å². The van der Waals surface area contributed by atoms with Crippen LogP contribution in [0.15, 0.2) is 17.5 Å². The Bertz CT molecular complexity index is 391. The molecule has 0 spiro atoms. The van der Waals surface area contributed by atoms with Gasteiger partial charge < -0.3 is 20.1 Å². The van der Waals surface area contributed by atoms with E-state index in [0.29, 0.717) is 26.2 Å². The molecule has 0 bridgehead atoms. The lowest BCUT2D eigenvalue weighted by Gasteiger charge is -2.25. The highest BCUT2D eigenvalue weighted by Crippen LogP contribution is 2.17. The zero-order chi connectivity index (χ0) is 14.2. The molecule has 0 radical (unpaired) electrons. The molecule has 112 valence electrons. The molecule has 0 aromatic carbocycles. The Kier molecular flexibility index (Phi) is 6.46. The molecule has 1 saturated heterocycles. The van der Waals surface area contributed by atoms with Crippen molar-refractivity contribution in [3.8, 4) is 0 Å². The summed E-state index contributed by atoms with van der Waals surface area (Å²) in [4.78, 5) is 15.2. The summed E-state index contributed by atoms with van der Waals surface area (Å²) in [5, 5.41) is 2.02. The number of thiophene rings is 1. The van der Waals surface area contributed by atoms with Crippen molar-refractivity contribution in [1.29, 1.82) is 0 Å². The second-order valence-corrected chi connectivity index (χ2v) is 5.86. The Hall–Kier alpha value is -0.950. The van der Waals surface area contributed by atoms with Gasteiger partial charge in [-0.15, -0.1) is 11.3 Å². The summed E-state index contributed by atoms with van der Waals surface area (Å²) in [7, 11) is 0. The van der Waals surface area contributed by atoms with E-state index < -0.39 is 0 Å². The van der Waals surface area contributed by atoms with Crippen LogP contribution >= 0.6 is 11.3 Å². The van der Waals surface area contributed by atoms with E-state index in [9.17, 15) is 4.79 Å². The summed E-state index contributed by atoms with van der Waals surface area (Å²) in [5.74, 6) is 0.00218. The van der Waals surface area contributed by atoms with Crippen LogP contribution in [-0.4, -0.2) is 49.8 Å². The highest BCUT2D eigenvalue weighted by Gasteiger charge is 2.23. The molecule has 2 N–H and O–H groups in total. The number of carbonyl (C=O) groups is 1. The van der Waals surface area contributed by atoms with Crippen molar-refractivity contribution in [3.63, 3.8) is 0 Å². The smallest absolute Gasteiger partial charge is 0.248 e. The summed E-state index contributed by atoms with van der Waals surface area (Å²) in [6.07, 6.45) is 2.26. The molecule has 1 atom stereocenters. The van der Waals surface area contributed by atoms with Crippen LogP contribution in [0.4, 0.5) is 0 Å². The third kappa shape index (κ3) is 4.86. The molecule has 20 heavy (non-hydrogen) atoms. The maximum absolute atomic E-state index is 12.2. The molecule has 0 aliphatic carbocycles. The number of hydrogen-bond acceptors (Lipinski definition) is 5. The number of nitrogens with zero attached hydrogens (tertiary/aromatic N) is 1. The first-order valence-corrected chi connectivity index (χ1v) is 7.87. The van der Waals surface area contributed by atoms with Gasteiger partial charge in [0, 0.05) is 24.6 Å². The molecule has 2 rings (SSSR count). The van der Waals surface area contributed by atoms with E-state index in [4.69, 9.17) is 15.2 Å². The van der Waals surface area contributed by atoms with Crippen molar-refractivity contribution >= 4 is 17.2 Å². The molecular weight excluding hydrogens is 276 g/mol. The average molecular weight is 298 g/mol. The average Bonchev–Trinajstić information content (AvgIpc) is 3.11. The summed E-state index contributed by atoms with van der Waals surface area (Å²) in [6.45, 7) is 3.01. The van der Waals surface area contributed by atoms with Crippen molar-refractivity contribution in [2.24, 2.45) is 5.73 Å². The molecule has 1 amide bonds. The molecule has 6 heteroatoms. The third-order valence-corrected chi connectivity index (χ3v) is 4.08. The lowest BCUT2D eigenvalue weighted by Crippen LogP contribution is -2.39. The van der Waals surface area contributed by atoms with Gasteiger partial charge in [-0.1, -0.05) is 6.07 Å². The minimum atomic E-state index is 0.00218. The zero-order valence-electron chi connectivity index (χ0n) is 11.6. The van der Waals surface area contributed by atoms with E-state index in [2.05, 4.69) is 0 Å². The molecule has 0 saturated carbocycles. The SMILES string of the molecule is NCCOCC(=O)N(Cc1cccs1)CC1CCCO1. The Labute approximate surface area is 123 Å². The van der Waals surface area contributed by atoms with Gasteiger partial charge >= 0.3 is 0 Å². The van der Waals surface area contributed by atoms with E-state index in [-0.39, 0.29) is 18.6 Å². The van der Waals surface area contributed by atoms with Crippen LogP contribution in [-0.2, 0) is 20.8 Å². The Morgan fingerprint density at radius 3 is 3.15 bits per heavy atom. The van der Waals surface area contributed by atoms with Crippen LogP contribution in [0.5, 0.6) is 0 Å². The fraction of sp³-hybridized carbons (Fsp3) is 0.643. The first kappa shape index (κ1) is 15.4. The van der Waals surface area contributed by atoms with Crippen molar-refractivity contribution in [2.45, 2.75) is 25.5 Å². The fourth-order valence-corrected chi connectivity index (χ4v) is 2.93. The number of nitrogens with two attached hydrogens (primary N) is 1. The molecule has 1 aromatic heterocycles. The van der Waals surface area contributed by atoms with Gasteiger partial charge in [0.05, 0.1) is 19.3 Å². The quantitative estimate of drug-likeness (QED) is 0.733. The standard InChI is InChI=1S/C14H22N2O3S/c15-5-7-18-11-14(17)16(9-12-3-1-6-19-12)10-13-4-2-8-20-13/h2,4,8,12H,1,3,5-7,9-11,15H2. The van der Waals surface area contributed by atoms with Crippen LogP contribution < -0.4 is 5.73 Å². The maximum atomic E-state index is 12.2. The molecule has 1 unspecified atom stereocenters. The molecule has 1 fully saturated rings. The Morgan fingerprint density at radius 1 is 1.60 bits per heavy atom. The van der Waals surface area contributed by atoms with E-state index >= 15 is 0 Å². The highest BCUT2D eigenvalue weighted by atomic mass is 32.1. The minimum Gasteiger partial charge on any atom is -0.376 e. The van der Waals surface area contributed by atoms with Gasteiger partial charge in [0.25, 0.3) is 0 Å². The molecule has 2 heterocycles. The third-order valence-electron chi connectivity index (χ3n) is 3.22. The summed E-state index contributed by atoms with van der Waals surface area (Å²) in [6, 6.07) is 4.04. The number of rotatable bonds is 8. The van der Waals surface area contributed by atoms with Gasteiger partial charge in [-0.3, -0.25) is 4.79 Å². The van der Waals surface area contributed by atoms with Crippen LogP contribution in [0.2, 0.25) is 0 Å². The van der Waals surface area contributed by atoms with Gasteiger partial charge in [-0.2, -0.15) is 0 Å². The fourth-order valence-electron chi connectivity index (χ4n) is 2.21. The first-order valence-electron chi connectivity index (χ1n) is 6.99. The van der Waals surface area contributed by atoms with Gasteiger partial charge in [0.1, 0.15) is 6.61 Å². The largest absolute Gasteiger partial charge is 0.376 e. The van der Waals surface area contributed by atoms with Crippen LogP contribution in [0, 0.1) is 0 Å². The highest BCUT2D eigenvalue weighted by molar-refractivity contribution is 7.09. The second-order valence-electron chi connectivity index (χ2n) is 4.83. The lowest BCUT2D eigenvalue weighted by molar-refractivity contribution is -0.138. The number of hydrogen-bond donors (Lipinski definition) is 1. The predicted molar refractivity (Wildman–Crippen MR) is 78.6 cm³/mol. The molecular formula is C14H22N2O3S. The number of amides is 1. The number of ether oxygens (including phenoxy) is 2. The predicted octanol–water partition coefficient (Wildman–Crippen LogP) is 1.23. The van der Waals surface area contributed by atoms with Crippen molar-refractivity contribution < 1.29 is 14.3 Å². The van der Waals surface area contributed by atoms with E-state index in [0.717, 1.165) is 19.4 Å². The molecule has 1 aliphatic heterocycles. The van der Waals surface area contributed by atoms with Gasteiger partial charge in [0.15, 0.2) is 0 Å². The van der Waals surface area contributed by atoms with Gasteiger partial charge in [-0.05, 0) is 24.3 Å². The lowest BCUT2D eigenvalue weighted by atomic mass is 10.2. The van der Waals surface area contributed by atoms with E-state index in [1.54, 1.807) is 11.3 Å². The second kappa shape index (κ2) is 8.36. The molecule has 1 aromatic rings. The summed E-state index contributed by atoms with van der Waals surface area (Å²) in [5.41, 5.74) is 5.36. The van der Waals surface area contributed by atoms with Gasteiger partial charge in [-0.25, -0.2) is 0 Å². The van der Waals surface area contributed by atoms with Crippen molar-refractivity contribution in [1.82, 2.24) is 4.90 Å². The topological polar surface area (TPSA) is 64.8 Å². The van der Waals surface area contributed by atoms with Crippen molar-refractivity contribution in [3.05, 3.63) is 22.4 Å². The first-order chi connectivity index (χ1) is 9.79. The minimum absolute atomic E-state index is 0.00218. The Balaban J connectivity index is 1.89. The maximum Gasteiger partial charge on any atom is 0.248 e. The van der Waals surface area contributed by atoms with Crippen molar-refractivity contribution in [2.75, 3.05) is 32.9 Å². The Morgan fingerprint density at radius 2 is 2.50 bits per heavy atom. The van der Waals surface area contributed by atoms with E-state index in [1.165, 1.54) is 4.88 Å². The summed E-state index contributed by atoms with van der Waals surface area (Å²) < 4.78 is 10.9. The zero-order valence-corrected chi connectivity index (χ0v) is 12.4. The normalized spacial score (nSPS) is 18.4. The van der Waals surface area contributed by atoms with Crippen LogP contribution in [0.1, 0.15) is 17.7 Å². The number of carbonyl (C=O) groups excluding carboxylic acids is 1. The summed E-state index contributed by atoms with van der Waals surface area (Å²) >= 11 is 1.66. The van der Waals surface area contributed by atoms with Crippen LogP contribution in [0.25, 0.3) is 0 Å². The van der Waals surface area contributed by atoms with E-state index in [1.807, 2.05) is 22.4 Å². The monoisotopic (exact) mass is 298 g/mol. The van der Waals surface area contributed by atoms with Crippen LogP contribution in [0.3, 0.4) is 0 Å².